The van der Waals surface area contributed by atoms with Crippen LogP contribution in [0.4, 0.5) is 0 Å². The molecule has 7 heteroatoms. The lowest BCUT2D eigenvalue weighted by Crippen LogP contribution is -2.22. The van der Waals surface area contributed by atoms with Gasteiger partial charge in [0.15, 0.2) is 11.5 Å². The van der Waals surface area contributed by atoms with Gasteiger partial charge < -0.3 is 19.5 Å². The van der Waals surface area contributed by atoms with Crippen LogP contribution in [0.1, 0.15) is 106 Å². The van der Waals surface area contributed by atoms with E-state index in [9.17, 15) is 14.4 Å². The minimum atomic E-state index is -0.574. The SMILES string of the molecule is COc1cc(CNC(=O)CCCCCCC(C)C)ccc1OC(=O)c1ccc(OC(=O)C(C)c2ccc(CC(C)C)cc2)cc1. The molecule has 0 saturated carbocycles. The molecule has 0 aromatic heterocycles. The van der Waals surface area contributed by atoms with E-state index in [1.807, 2.05) is 19.1 Å². The normalized spacial score (nSPS) is 11.7. The van der Waals surface area contributed by atoms with E-state index in [-0.39, 0.29) is 17.6 Å². The van der Waals surface area contributed by atoms with Crippen LogP contribution in [0, 0.1) is 11.8 Å². The maximum atomic E-state index is 12.9. The van der Waals surface area contributed by atoms with Crippen molar-refractivity contribution in [1.29, 1.82) is 0 Å². The predicted octanol–water partition coefficient (Wildman–Crippen LogP) is 8.43. The lowest BCUT2D eigenvalue weighted by Gasteiger charge is -2.13. The Balaban J connectivity index is 1.48. The van der Waals surface area contributed by atoms with Crippen molar-refractivity contribution in [3.05, 3.63) is 89.0 Å². The number of esters is 2. The van der Waals surface area contributed by atoms with Crippen LogP contribution in [0.25, 0.3) is 0 Å². The fraction of sp³-hybridized carbons (Fsp3) is 0.447. The Morgan fingerprint density at radius 1 is 0.711 bits per heavy atom. The highest BCUT2D eigenvalue weighted by Crippen LogP contribution is 2.29. The Labute approximate surface area is 268 Å². The van der Waals surface area contributed by atoms with Crippen molar-refractivity contribution in [3.63, 3.8) is 0 Å². The van der Waals surface area contributed by atoms with Crippen LogP contribution < -0.4 is 19.5 Å². The summed E-state index contributed by atoms with van der Waals surface area (Å²) in [5.74, 6) is 0.923. The summed E-state index contributed by atoms with van der Waals surface area (Å²) >= 11 is 0. The number of carbonyl (C=O) groups excluding carboxylic acids is 3. The number of carbonyl (C=O) groups is 3. The van der Waals surface area contributed by atoms with Gasteiger partial charge in [-0.1, -0.05) is 83.7 Å². The molecule has 0 fully saturated rings. The topological polar surface area (TPSA) is 90.9 Å². The van der Waals surface area contributed by atoms with Crippen LogP contribution in [0.15, 0.2) is 66.7 Å². The molecular weight excluding hydrogens is 566 g/mol. The summed E-state index contributed by atoms with van der Waals surface area (Å²) < 4.78 is 16.6. The van der Waals surface area contributed by atoms with Gasteiger partial charge in [0.1, 0.15) is 5.75 Å². The zero-order valence-corrected chi connectivity index (χ0v) is 27.7. The Morgan fingerprint density at radius 3 is 2.02 bits per heavy atom. The highest BCUT2D eigenvalue weighted by molar-refractivity contribution is 5.91. The first-order valence-corrected chi connectivity index (χ1v) is 16.1. The van der Waals surface area contributed by atoms with Gasteiger partial charge in [-0.15, -0.1) is 0 Å². The molecular formula is C38H49NO6. The number of methoxy groups -OCH3 is 1. The largest absolute Gasteiger partial charge is 0.493 e. The van der Waals surface area contributed by atoms with Gasteiger partial charge in [0, 0.05) is 13.0 Å². The van der Waals surface area contributed by atoms with E-state index in [2.05, 4.69) is 45.1 Å². The van der Waals surface area contributed by atoms with E-state index in [0.29, 0.717) is 35.9 Å². The quantitative estimate of drug-likeness (QED) is 0.0931. The van der Waals surface area contributed by atoms with Gasteiger partial charge in [0.2, 0.25) is 5.91 Å². The molecule has 0 aliphatic carbocycles. The molecule has 0 bridgehead atoms. The van der Waals surface area contributed by atoms with E-state index >= 15 is 0 Å². The second-order valence-electron chi connectivity index (χ2n) is 12.5. The van der Waals surface area contributed by atoms with Gasteiger partial charge in [0.25, 0.3) is 0 Å². The molecule has 3 aromatic carbocycles. The molecule has 7 nitrogen and oxygen atoms in total. The fourth-order valence-corrected chi connectivity index (χ4v) is 4.96. The van der Waals surface area contributed by atoms with Gasteiger partial charge in [-0.25, -0.2) is 4.79 Å². The third-order valence-electron chi connectivity index (χ3n) is 7.64. The van der Waals surface area contributed by atoms with Crippen molar-refractivity contribution >= 4 is 17.8 Å². The standard InChI is InChI=1S/C38H49NO6/c1-26(2)11-9-7-8-10-12-36(40)39-25-30-15-22-34(35(24-30)43-6)45-38(42)32-18-20-33(21-19-32)44-37(41)28(5)31-16-13-29(14-17-31)23-27(3)4/h13-22,24,26-28H,7-12,23,25H2,1-6H3,(H,39,40). The molecule has 1 amide bonds. The number of unbranched alkanes of at least 4 members (excludes halogenated alkanes) is 3. The summed E-state index contributed by atoms with van der Waals surface area (Å²) in [4.78, 5) is 37.9. The van der Waals surface area contributed by atoms with Crippen molar-refractivity contribution in [3.8, 4) is 17.2 Å². The van der Waals surface area contributed by atoms with Crippen molar-refractivity contribution in [1.82, 2.24) is 5.32 Å². The highest BCUT2D eigenvalue weighted by atomic mass is 16.6. The predicted molar refractivity (Wildman–Crippen MR) is 178 cm³/mol. The fourth-order valence-electron chi connectivity index (χ4n) is 4.96. The molecule has 1 atom stereocenters. The van der Waals surface area contributed by atoms with Crippen LogP contribution in [-0.4, -0.2) is 25.0 Å². The zero-order chi connectivity index (χ0) is 32.8. The van der Waals surface area contributed by atoms with Gasteiger partial charge in [-0.05, 0) is 84.7 Å². The highest BCUT2D eigenvalue weighted by Gasteiger charge is 2.19. The van der Waals surface area contributed by atoms with Crippen LogP contribution in [0.2, 0.25) is 0 Å². The minimum Gasteiger partial charge on any atom is -0.493 e. The van der Waals surface area contributed by atoms with Crippen molar-refractivity contribution in [2.45, 2.75) is 92.0 Å². The molecule has 3 aromatic rings. The van der Waals surface area contributed by atoms with Crippen LogP contribution in [0.3, 0.4) is 0 Å². The number of ether oxygens (including phenoxy) is 3. The Kier molecular flexibility index (Phi) is 14.1. The number of amides is 1. The molecule has 0 aliphatic rings. The number of hydrogen-bond donors (Lipinski definition) is 1. The smallest absolute Gasteiger partial charge is 0.343 e. The minimum absolute atomic E-state index is 0.0210. The van der Waals surface area contributed by atoms with Gasteiger partial charge in [-0.3, -0.25) is 9.59 Å². The van der Waals surface area contributed by atoms with Crippen molar-refractivity contribution in [2.75, 3.05) is 7.11 Å². The second kappa shape index (κ2) is 18.0. The molecule has 0 radical (unpaired) electrons. The summed E-state index contributed by atoms with van der Waals surface area (Å²) in [6.07, 6.45) is 7.06. The number of benzene rings is 3. The Bertz CT molecular complexity index is 1380. The summed E-state index contributed by atoms with van der Waals surface area (Å²) in [5.41, 5.74) is 3.26. The zero-order valence-electron chi connectivity index (χ0n) is 27.7. The van der Waals surface area contributed by atoms with E-state index in [0.717, 1.165) is 42.7 Å². The average Bonchev–Trinajstić information content (AvgIpc) is 3.02. The van der Waals surface area contributed by atoms with E-state index < -0.39 is 11.9 Å². The number of hydrogen-bond acceptors (Lipinski definition) is 6. The number of rotatable bonds is 17. The molecule has 0 heterocycles. The first-order chi connectivity index (χ1) is 21.5. The van der Waals surface area contributed by atoms with Crippen LogP contribution >= 0.6 is 0 Å². The van der Waals surface area contributed by atoms with E-state index in [1.54, 1.807) is 42.5 Å². The molecule has 0 saturated heterocycles. The van der Waals surface area contributed by atoms with Crippen LogP contribution in [0.5, 0.6) is 17.2 Å². The maximum Gasteiger partial charge on any atom is 0.343 e. The van der Waals surface area contributed by atoms with Gasteiger partial charge in [0.05, 0.1) is 18.6 Å². The summed E-state index contributed by atoms with van der Waals surface area (Å²) in [7, 11) is 1.50. The average molecular weight is 616 g/mol. The monoisotopic (exact) mass is 615 g/mol. The van der Waals surface area contributed by atoms with E-state index in [1.165, 1.54) is 25.5 Å². The maximum absolute atomic E-state index is 12.9. The summed E-state index contributed by atoms with van der Waals surface area (Å²) in [6.45, 7) is 11.0. The molecule has 0 spiro atoms. The first-order valence-electron chi connectivity index (χ1n) is 16.1. The van der Waals surface area contributed by atoms with E-state index in [4.69, 9.17) is 14.2 Å². The first kappa shape index (κ1) is 35.4. The third-order valence-corrected chi connectivity index (χ3v) is 7.64. The third kappa shape index (κ3) is 12.1. The van der Waals surface area contributed by atoms with Crippen LogP contribution in [-0.2, 0) is 22.6 Å². The molecule has 0 aliphatic heterocycles. The molecule has 1 N–H and O–H groups in total. The molecule has 45 heavy (non-hydrogen) atoms. The lowest BCUT2D eigenvalue weighted by molar-refractivity contribution is -0.135. The van der Waals surface area contributed by atoms with Crippen molar-refractivity contribution in [2.24, 2.45) is 11.8 Å². The molecule has 242 valence electrons. The van der Waals surface area contributed by atoms with Crippen molar-refractivity contribution < 1.29 is 28.6 Å². The van der Waals surface area contributed by atoms with Gasteiger partial charge >= 0.3 is 11.9 Å². The summed E-state index contributed by atoms with van der Waals surface area (Å²) in [6, 6.07) is 19.5. The molecule has 3 rings (SSSR count). The Hall–Kier alpha value is -4.13. The second-order valence-corrected chi connectivity index (χ2v) is 12.5. The number of nitrogens with one attached hydrogen (secondary N) is 1. The Morgan fingerprint density at radius 2 is 1.38 bits per heavy atom. The molecule has 1 unspecified atom stereocenters. The lowest BCUT2D eigenvalue weighted by atomic mass is 9.97. The van der Waals surface area contributed by atoms with Gasteiger partial charge in [-0.2, -0.15) is 0 Å². The summed E-state index contributed by atoms with van der Waals surface area (Å²) in [5, 5.41) is 2.95.